The van der Waals surface area contributed by atoms with Gasteiger partial charge in [-0.15, -0.1) is 0 Å². The van der Waals surface area contributed by atoms with E-state index in [1.165, 1.54) is 0 Å². The average Bonchev–Trinajstić information content (AvgIpc) is 2.46. The summed E-state index contributed by atoms with van der Waals surface area (Å²) in [5, 5.41) is 9.18. The number of nitrogens with two attached hydrogens (primary N) is 1. The highest BCUT2D eigenvalue weighted by atomic mass is 16.1. The summed E-state index contributed by atoms with van der Waals surface area (Å²) in [6, 6.07) is 20.5. The summed E-state index contributed by atoms with van der Waals surface area (Å²) in [6.07, 6.45) is 0. The van der Waals surface area contributed by atoms with Gasteiger partial charge in [0.1, 0.15) is 11.6 Å². The van der Waals surface area contributed by atoms with Gasteiger partial charge in [-0.2, -0.15) is 5.26 Å². The van der Waals surface area contributed by atoms with Gasteiger partial charge < -0.3 is 5.73 Å². The highest BCUT2D eigenvalue weighted by Crippen LogP contribution is 2.26. The summed E-state index contributed by atoms with van der Waals surface area (Å²) in [5.74, 6) is -0.717. The minimum absolute atomic E-state index is 0.0302. The van der Waals surface area contributed by atoms with E-state index in [4.69, 9.17) is 5.73 Å². The topological polar surface area (TPSA) is 66.9 Å². The number of rotatable bonds is 3. The van der Waals surface area contributed by atoms with Crippen molar-refractivity contribution in [2.45, 2.75) is 0 Å². The van der Waals surface area contributed by atoms with Crippen molar-refractivity contribution in [3.05, 3.63) is 77.4 Å². The molecule has 0 aliphatic carbocycles. The summed E-state index contributed by atoms with van der Waals surface area (Å²) in [4.78, 5) is 11.5. The van der Waals surface area contributed by atoms with Crippen LogP contribution in [0.25, 0.3) is 5.57 Å². The van der Waals surface area contributed by atoms with E-state index in [0.29, 0.717) is 5.57 Å². The van der Waals surface area contributed by atoms with Gasteiger partial charge in [0, 0.05) is 5.57 Å². The second-order valence-corrected chi connectivity index (χ2v) is 3.96. The first-order valence-electron chi connectivity index (χ1n) is 5.79. The lowest BCUT2D eigenvalue weighted by Gasteiger charge is -2.09. The van der Waals surface area contributed by atoms with Gasteiger partial charge in [0.2, 0.25) is 0 Å². The molecule has 0 saturated carbocycles. The molecule has 92 valence electrons. The standard InChI is InChI=1S/C16H12N2O/c17-11-14(16(18)19)15(12-7-3-1-4-8-12)13-9-5-2-6-10-13/h1-10H,(H2,18,19). The van der Waals surface area contributed by atoms with Crippen molar-refractivity contribution in [2.24, 2.45) is 5.73 Å². The van der Waals surface area contributed by atoms with E-state index in [1.807, 2.05) is 66.7 Å². The van der Waals surface area contributed by atoms with Crippen LogP contribution in [-0.4, -0.2) is 5.91 Å². The molecule has 1 amide bonds. The molecular weight excluding hydrogens is 236 g/mol. The molecular formula is C16H12N2O. The number of benzene rings is 2. The van der Waals surface area contributed by atoms with Gasteiger partial charge in [-0.25, -0.2) is 0 Å². The van der Waals surface area contributed by atoms with Gasteiger partial charge in [0.15, 0.2) is 0 Å². The van der Waals surface area contributed by atoms with Gasteiger partial charge in [0.05, 0.1) is 0 Å². The van der Waals surface area contributed by atoms with Crippen molar-refractivity contribution < 1.29 is 4.79 Å². The van der Waals surface area contributed by atoms with Crippen LogP contribution in [0.15, 0.2) is 66.2 Å². The zero-order valence-corrected chi connectivity index (χ0v) is 10.2. The van der Waals surface area contributed by atoms with Crippen LogP contribution in [0.2, 0.25) is 0 Å². The van der Waals surface area contributed by atoms with Gasteiger partial charge in [-0.3, -0.25) is 4.79 Å². The summed E-state index contributed by atoms with van der Waals surface area (Å²) in [7, 11) is 0. The third-order valence-electron chi connectivity index (χ3n) is 2.73. The number of primary amides is 1. The Morgan fingerprint density at radius 1 is 0.895 bits per heavy atom. The van der Waals surface area contributed by atoms with Crippen LogP contribution in [0.3, 0.4) is 0 Å². The van der Waals surface area contributed by atoms with Crippen LogP contribution in [0.5, 0.6) is 0 Å². The Labute approximate surface area is 111 Å². The van der Waals surface area contributed by atoms with E-state index in [1.54, 1.807) is 0 Å². The number of carbonyl (C=O) groups excluding carboxylic acids is 1. The first-order chi connectivity index (χ1) is 9.24. The lowest BCUT2D eigenvalue weighted by atomic mass is 9.93. The second kappa shape index (κ2) is 5.65. The maximum atomic E-state index is 11.5. The molecule has 0 aromatic heterocycles. The number of hydrogen-bond acceptors (Lipinski definition) is 2. The van der Waals surface area contributed by atoms with Crippen molar-refractivity contribution in [1.29, 1.82) is 5.26 Å². The Hall–Kier alpha value is -2.86. The van der Waals surface area contributed by atoms with Crippen LogP contribution < -0.4 is 5.73 Å². The molecule has 3 nitrogen and oxygen atoms in total. The summed E-state index contributed by atoms with van der Waals surface area (Å²) in [5.41, 5.74) is 7.43. The van der Waals surface area contributed by atoms with Gasteiger partial charge >= 0.3 is 0 Å². The third kappa shape index (κ3) is 2.70. The van der Waals surface area contributed by atoms with Crippen LogP contribution in [0.4, 0.5) is 0 Å². The van der Waals surface area contributed by atoms with Crippen molar-refractivity contribution >= 4 is 11.5 Å². The maximum absolute atomic E-state index is 11.5. The van der Waals surface area contributed by atoms with Crippen molar-refractivity contribution in [2.75, 3.05) is 0 Å². The lowest BCUT2D eigenvalue weighted by Crippen LogP contribution is -2.15. The molecule has 19 heavy (non-hydrogen) atoms. The number of hydrogen-bond donors (Lipinski definition) is 1. The monoisotopic (exact) mass is 248 g/mol. The zero-order chi connectivity index (χ0) is 13.7. The smallest absolute Gasteiger partial charge is 0.260 e. The van der Waals surface area contributed by atoms with Gasteiger partial charge in [0.25, 0.3) is 5.91 Å². The maximum Gasteiger partial charge on any atom is 0.260 e. The van der Waals surface area contributed by atoms with Gasteiger partial charge in [-0.1, -0.05) is 60.7 Å². The largest absolute Gasteiger partial charge is 0.365 e. The molecule has 0 bridgehead atoms. The zero-order valence-electron chi connectivity index (χ0n) is 10.2. The Kier molecular flexibility index (Phi) is 3.75. The fraction of sp³-hybridized carbons (Fsp3) is 0. The normalized spacial score (nSPS) is 9.42. The minimum Gasteiger partial charge on any atom is -0.365 e. The Balaban J connectivity index is 2.73. The van der Waals surface area contributed by atoms with Gasteiger partial charge in [-0.05, 0) is 11.1 Å². The molecule has 0 aliphatic heterocycles. The second-order valence-electron chi connectivity index (χ2n) is 3.96. The fourth-order valence-corrected chi connectivity index (χ4v) is 1.90. The molecule has 0 unspecified atom stereocenters. The molecule has 2 aromatic rings. The number of nitriles is 1. The van der Waals surface area contributed by atoms with Crippen molar-refractivity contribution in [3.63, 3.8) is 0 Å². The molecule has 0 spiro atoms. The Bertz CT molecular complexity index is 611. The number of amides is 1. The molecule has 2 aromatic carbocycles. The quantitative estimate of drug-likeness (QED) is 0.669. The predicted molar refractivity (Wildman–Crippen MR) is 73.7 cm³/mol. The Morgan fingerprint density at radius 2 is 1.32 bits per heavy atom. The lowest BCUT2D eigenvalue weighted by molar-refractivity contribution is -0.114. The number of nitrogens with zero attached hydrogens (tertiary/aromatic N) is 1. The highest BCUT2D eigenvalue weighted by Gasteiger charge is 2.15. The Morgan fingerprint density at radius 3 is 1.63 bits per heavy atom. The summed E-state index contributed by atoms with van der Waals surface area (Å²) >= 11 is 0. The summed E-state index contributed by atoms with van der Waals surface area (Å²) in [6.45, 7) is 0. The van der Waals surface area contributed by atoms with E-state index >= 15 is 0 Å². The van der Waals surface area contributed by atoms with E-state index in [0.717, 1.165) is 11.1 Å². The molecule has 2 rings (SSSR count). The third-order valence-corrected chi connectivity index (χ3v) is 2.73. The molecule has 3 heteroatoms. The van der Waals surface area contributed by atoms with Crippen LogP contribution in [0.1, 0.15) is 11.1 Å². The molecule has 0 atom stereocenters. The molecule has 0 saturated heterocycles. The minimum atomic E-state index is -0.717. The predicted octanol–water partition coefficient (Wildman–Crippen LogP) is 2.50. The fourth-order valence-electron chi connectivity index (χ4n) is 1.90. The van der Waals surface area contributed by atoms with Crippen LogP contribution in [0, 0.1) is 11.3 Å². The first-order valence-corrected chi connectivity index (χ1v) is 5.79. The first kappa shape index (κ1) is 12.6. The van der Waals surface area contributed by atoms with E-state index < -0.39 is 5.91 Å². The molecule has 0 heterocycles. The van der Waals surface area contributed by atoms with E-state index in [-0.39, 0.29) is 5.57 Å². The molecule has 0 fully saturated rings. The molecule has 0 radical (unpaired) electrons. The number of carbonyl (C=O) groups is 1. The van der Waals surface area contributed by atoms with Crippen molar-refractivity contribution in [3.8, 4) is 6.07 Å². The van der Waals surface area contributed by atoms with Crippen molar-refractivity contribution in [1.82, 2.24) is 0 Å². The van der Waals surface area contributed by atoms with Crippen LogP contribution >= 0.6 is 0 Å². The van der Waals surface area contributed by atoms with E-state index in [9.17, 15) is 10.1 Å². The highest BCUT2D eigenvalue weighted by molar-refractivity contribution is 6.07. The molecule has 2 N–H and O–H groups in total. The average molecular weight is 248 g/mol. The summed E-state index contributed by atoms with van der Waals surface area (Å²) < 4.78 is 0. The van der Waals surface area contributed by atoms with E-state index in [2.05, 4.69) is 0 Å². The SMILES string of the molecule is N#CC(C(N)=O)=C(c1ccccc1)c1ccccc1. The molecule has 0 aliphatic rings. The van der Waals surface area contributed by atoms with Crippen LogP contribution in [-0.2, 0) is 4.79 Å².